The van der Waals surface area contributed by atoms with E-state index in [0.717, 1.165) is 6.42 Å². The van der Waals surface area contributed by atoms with Crippen molar-refractivity contribution >= 4 is 0 Å². The largest absolute Gasteiger partial charge is 0.368 e. The molecular formula is C17H22O2. The van der Waals surface area contributed by atoms with E-state index in [9.17, 15) is 0 Å². The molecule has 0 N–H and O–H groups in total. The minimum atomic E-state index is 0.344. The molecule has 1 fully saturated rings. The van der Waals surface area contributed by atoms with Gasteiger partial charge >= 0.3 is 0 Å². The number of terminal acetylenes is 2. The molecule has 0 bridgehead atoms. The van der Waals surface area contributed by atoms with E-state index in [-0.39, 0.29) is 0 Å². The predicted octanol–water partition coefficient (Wildman–Crippen LogP) is 2.53. The first-order valence-electron chi connectivity index (χ1n) is 6.56. The number of hydrogen-bond donors (Lipinski definition) is 0. The Morgan fingerprint density at radius 3 is 1.68 bits per heavy atom. The maximum atomic E-state index is 5.51. The van der Waals surface area contributed by atoms with Crippen LogP contribution >= 0.6 is 0 Å². The van der Waals surface area contributed by atoms with Crippen molar-refractivity contribution in [2.45, 2.75) is 6.42 Å². The van der Waals surface area contributed by atoms with Crippen molar-refractivity contribution in [3.05, 3.63) is 25.3 Å². The Hall–Kier alpha value is -1.48. The van der Waals surface area contributed by atoms with Crippen LogP contribution in [0.25, 0.3) is 0 Å². The fourth-order valence-corrected chi connectivity index (χ4v) is 2.84. The Labute approximate surface area is 116 Å². The Morgan fingerprint density at radius 2 is 1.37 bits per heavy atom. The molecule has 0 aromatic carbocycles. The number of hydrogen-bond acceptors (Lipinski definition) is 2. The van der Waals surface area contributed by atoms with Gasteiger partial charge in [0.1, 0.15) is 13.2 Å². The maximum absolute atomic E-state index is 5.51. The van der Waals surface area contributed by atoms with Crippen molar-refractivity contribution in [3.8, 4) is 24.7 Å². The van der Waals surface area contributed by atoms with E-state index in [1.54, 1.807) is 0 Å². The lowest BCUT2D eigenvalue weighted by atomic mass is 9.88. The summed E-state index contributed by atoms with van der Waals surface area (Å²) in [5.41, 5.74) is 0. The Bertz CT molecular complexity index is 336. The lowest BCUT2D eigenvalue weighted by molar-refractivity contribution is 0.0498. The highest BCUT2D eigenvalue weighted by Gasteiger charge is 2.40. The second-order valence-electron chi connectivity index (χ2n) is 4.80. The molecule has 0 aromatic rings. The lowest BCUT2D eigenvalue weighted by Crippen LogP contribution is -2.26. The molecule has 0 saturated heterocycles. The smallest absolute Gasteiger partial charge is 0.107 e. The van der Waals surface area contributed by atoms with E-state index in [2.05, 4.69) is 25.0 Å². The summed E-state index contributed by atoms with van der Waals surface area (Å²) in [7, 11) is 0. The molecule has 1 saturated carbocycles. The Balaban J connectivity index is 2.66. The fraction of sp³-hybridized carbons (Fsp3) is 0.529. The van der Waals surface area contributed by atoms with Crippen molar-refractivity contribution in [2.24, 2.45) is 23.7 Å². The molecule has 19 heavy (non-hydrogen) atoms. The molecule has 0 aliphatic heterocycles. The van der Waals surface area contributed by atoms with Gasteiger partial charge in [0.15, 0.2) is 0 Å². The summed E-state index contributed by atoms with van der Waals surface area (Å²) in [6, 6.07) is 0. The van der Waals surface area contributed by atoms with Crippen molar-refractivity contribution in [3.63, 3.8) is 0 Å². The number of allylic oxidation sites excluding steroid dienone is 2. The van der Waals surface area contributed by atoms with Crippen molar-refractivity contribution in [1.82, 2.24) is 0 Å². The van der Waals surface area contributed by atoms with Gasteiger partial charge in [-0.3, -0.25) is 0 Å². The van der Waals surface area contributed by atoms with E-state index in [4.69, 9.17) is 22.3 Å². The molecule has 2 heteroatoms. The van der Waals surface area contributed by atoms with Gasteiger partial charge in [-0.1, -0.05) is 24.0 Å². The topological polar surface area (TPSA) is 18.5 Å². The standard InChI is InChI=1S/C17H22O2/c1-5-9-18-12-16-14(7-3)11-15(8-4)17(16)13-19-10-6-2/h1-2,7-8,14-17H,3-4,9-13H2/t14-,15+,16-,17+. The van der Waals surface area contributed by atoms with Crippen LogP contribution in [0.15, 0.2) is 25.3 Å². The van der Waals surface area contributed by atoms with E-state index < -0.39 is 0 Å². The quantitative estimate of drug-likeness (QED) is 0.378. The number of ether oxygens (including phenoxy) is 2. The molecule has 0 spiro atoms. The minimum absolute atomic E-state index is 0.344. The molecular weight excluding hydrogens is 236 g/mol. The van der Waals surface area contributed by atoms with Gasteiger partial charge in [0.05, 0.1) is 13.2 Å². The molecule has 0 unspecified atom stereocenters. The third-order valence-corrected chi connectivity index (χ3v) is 3.79. The molecule has 2 nitrogen and oxygen atoms in total. The molecule has 0 heterocycles. The van der Waals surface area contributed by atoms with E-state index in [1.165, 1.54) is 0 Å². The third kappa shape index (κ3) is 4.28. The van der Waals surface area contributed by atoms with Crippen LogP contribution in [0.3, 0.4) is 0 Å². The molecule has 0 aromatic heterocycles. The van der Waals surface area contributed by atoms with Crippen molar-refractivity contribution < 1.29 is 9.47 Å². The Kier molecular flexibility index (Phi) is 7.04. The van der Waals surface area contributed by atoms with E-state index >= 15 is 0 Å². The minimum Gasteiger partial charge on any atom is -0.368 e. The summed E-state index contributed by atoms with van der Waals surface area (Å²) in [5.74, 6) is 6.55. The summed E-state index contributed by atoms with van der Waals surface area (Å²) in [6.07, 6.45) is 15.5. The average molecular weight is 258 g/mol. The van der Waals surface area contributed by atoms with Gasteiger partial charge in [0, 0.05) is 0 Å². The molecule has 1 aliphatic carbocycles. The third-order valence-electron chi connectivity index (χ3n) is 3.79. The summed E-state index contributed by atoms with van der Waals surface area (Å²) in [4.78, 5) is 0. The van der Waals surface area contributed by atoms with Crippen molar-refractivity contribution in [1.29, 1.82) is 0 Å². The van der Waals surface area contributed by atoms with E-state index in [0.29, 0.717) is 50.1 Å². The Morgan fingerprint density at radius 1 is 0.947 bits per heavy atom. The van der Waals surface area contributed by atoms with Crippen LogP contribution in [0, 0.1) is 48.4 Å². The van der Waals surface area contributed by atoms with Crippen LogP contribution in [-0.2, 0) is 9.47 Å². The monoisotopic (exact) mass is 258 g/mol. The van der Waals surface area contributed by atoms with Crippen molar-refractivity contribution in [2.75, 3.05) is 26.4 Å². The van der Waals surface area contributed by atoms with Gasteiger partial charge in [-0.25, -0.2) is 0 Å². The normalized spacial score (nSPS) is 29.4. The van der Waals surface area contributed by atoms with Crippen LogP contribution in [0.1, 0.15) is 6.42 Å². The highest BCUT2D eigenvalue weighted by molar-refractivity contribution is 5.03. The summed E-state index contributed by atoms with van der Waals surface area (Å²) in [5, 5.41) is 0. The summed E-state index contributed by atoms with van der Waals surface area (Å²) < 4.78 is 11.0. The fourth-order valence-electron chi connectivity index (χ4n) is 2.84. The van der Waals surface area contributed by atoms with E-state index in [1.807, 2.05) is 12.2 Å². The van der Waals surface area contributed by atoms with Crippen LogP contribution < -0.4 is 0 Å². The maximum Gasteiger partial charge on any atom is 0.107 e. The first-order chi connectivity index (χ1) is 9.28. The zero-order chi connectivity index (χ0) is 14.1. The molecule has 102 valence electrons. The van der Waals surface area contributed by atoms with Crippen LogP contribution in [-0.4, -0.2) is 26.4 Å². The van der Waals surface area contributed by atoms with Gasteiger partial charge in [-0.05, 0) is 30.1 Å². The predicted molar refractivity (Wildman–Crippen MR) is 78.3 cm³/mol. The zero-order valence-electron chi connectivity index (χ0n) is 11.4. The molecule has 0 amide bonds. The SMILES string of the molecule is C#CCOC[C@@H]1[C@H](COCC#C)[C@H](C=C)C[C@@H]1C=C. The zero-order valence-corrected chi connectivity index (χ0v) is 11.4. The highest BCUT2D eigenvalue weighted by Crippen LogP contribution is 2.43. The van der Waals surface area contributed by atoms with Gasteiger partial charge < -0.3 is 9.47 Å². The molecule has 1 aliphatic rings. The summed E-state index contributed by atoms with van der Waals surface area (Å²) in [6.45, 7) is 9.79. The highest BCUT2D eigenvalue weighted by atomic mass is 16.5. The van der Waals surface area contributed by atoms with Gasteiger partial charge in [-0.15, -0.1) is 26.0 Å². The van der Waals surface area contributed by atoms with Crippen LogP contribution in [0.2, 0.25) is 0 Å². The van der Waals surface area contributed by atoms with Gasteiger partial charge in [-0.2, -0.15) is 0 Å². The second kappa shape index (κ2) is 8.59. The first kappa shape index (κ1) is 15.6. The average Bonchev–Trinajstić information content (AvgIpc) is 2.77. The first-order valence-corrected chi connectivity index (χ1v) is 6.56. The molecule has 1 rings (SSSR count). The van der Waals surface area contributed by atoms with Gasteiger partial charge in [0.25, 0.3) is 0 Å². The molecule has 4 atom stereocenters. The summed E-state index contributed by atoms with van der Waals surface area (Å²) >= 11 is 0. The van der Waals surface area contributed by atoms with Gasteiger partial charge in [0.2, 0.25) is 0 Å². The van der Waals surface area contributed by atoms with Crippen LogP contribution in [0.5, 0.6) is 0 Å². The second-order valence-corrected chi connectivity index (χ2v) is 4.80. The number of rotatable bonds is 8. The molecule has 0 radical (unpaired) electrons. The van der Waals surface area contributed by atoms with Crippen LogP contribution in [0.4, 0.5) is 0 Å². The lowest BCUT2D eigenvalue weighted by Gasteiger charge is -2.24.